The van der Waals surface area contributed by atoms with Gasteiger partial charge in [0.15, 0.2) is 0 Å². The monoisotopic (exact) mass is 346 g/mol. The number of carbonyl (C=O) groups excluding carboxylic acids is 1. The second kappa shape index (κ2) is 6.19. The molecule has 25 heavy (non-hydrogen) atoms. The summed E-state index contributed by atoms with van der Waals surface area (Å²) in [6.45, 7) is 1.97. The average Bonchev–Trinajstić information content (AvgIpc) is 2.90. The lowest BCUT2D eigenvalue weighted by molar-refractivity contribution is -0.111. The SMILES string of the molecule is Cc1ccc(/N=C2\C(=O)N(c3ccccc3)c3ccccc32)c(Cl)c1. The predicted molar refractivity (Wildman–Crippen MR) is 102 cm³/mol. The maximum atomic E-state index is 13.1. The van der Waals surface area contributed by atoms with Gasteiger partial charge in [-0.15, -0.1) is 0 Å². The third-order valence-corrected chi connectivity index (χ3v) is 4.46. The Labute approximate surface area is 151 Å². The van der Waals surface area contributed by atoms with Crippen LogP contribution >= 0.6 is 11.6 Å². The van der Waals surface area contributed by atoms with Gasteiger partial charge in [-0.05, 0) is 42.8 Å². The average molecular weight is 347 g/mol. The number of benzene rings is 3. The largest absolute Gasteiger partial charge is 0.282 e. The van der Waals surface area contributed by atoms with Crippen LogP contribution in [0.2, 0.25) is 5.02 Å². The van der Waals surface area contributed by atoms with Gasteiger partial charge in [-0.2, -0.15) is 0 Å². The van der Waals surface area contributed by atoms with Crippen molar-refractivity contribution in [3.8, 4) is 0 Å². The van der Waals surface area contributed by atoms with Gasteiger partial charge in [0.05, 0.1) is 16.4 Å². The highest BCUT2D eigenvalue weighted by Gasteiger charge is 2.34. The fraction of sp³-hybridized carbons (Fsp3) is 0.0476. The van der Waals surface area contributed by atoms with Crippen molar-refractivity contribution < 1.29 is 4.79 Å². The molecule has 0 saturated heterocycles. The first-order valence-electron chi connectivity index (χ1n) is 7.99. The first-order valence-corrected chi connectivity index (χ1v) is 8.37. The van der Waals surface area contributed by atoms with E-state index in [1.165, 1.54) is 0 Å². The molecule has 1 amide bonds. The Hall–Kier alpha value is -2.91. The zero-order chi connectivity index (χ0) is 17.4. The van der Waals surface area contributed by atoms with Crippen LogP contribution in [0.3, 0.4) is 0 Å². The van der Waals surface area contributed by atoms with Crippen molar-refractivity contribution in [2.45, 2.75) is 6.92 Å². The molecule has 4 heteroatoms. The molecule has 3 nitrogen and oxygen atoms in total. The van der Waals surface area contributed by atoms with Gasteiger partial charge in [0.2, 0.25) is 0 Å². The summed E-state index contributed by atoms with van der Waals surface area (Å²) in [4.78, 5) is 19.4. The molecule has 0 bridgehead atoms. The number of aliphatic imine (C=N–C) groups is 1. The molecule has 4 rings (SSSR count). The molecule has 122 valence electrons. The fourth-order valence-corrected chi connectivity index (χ4v) is 3.24. The van der Waals surface area contributed by atoms with Crippen LogP contribution in [0.25, 0.3) is 0 Å². The van der Waals surface area contributed by atoms with Gasteiger partial charge in [0.1, 0.15) is 5.71 Å². The number of aryl methyl sites for hydroxylation is 1. The van der Waals surface area contributed by atoms with Crippen molar-refractivity contribution in [2.75, 3.05) is 4.90 Å². The van der Waals surface area contributed by atoms with Crippen molar-refractivity contribution in [3.63, 3.8) is 0 Å². The van der Waals surface area contributed by atoms with Crippen LogP contribution in [-0.4, -0.2) is 11.6 Å². The van der Waals surface area contributed by atoms with E-state index >= 15 is 0 Å². The van der Waals surface area contributed by atoms with Gasteiger partial charge in [-0.1, -0.05) is 54.1 Å². The highest BCUT2D eigenvalue weighted by Crippen LogP contribution is 2.37. The summed E-state index contributed by atoms with van der Waals surface area (Å²) < 4.78 is 0. The molecule has 3 aromatic rings. The van der Waals surface area contributed by atoms with E-state index in [1.807, 2.05) is 79.7 Å². The van der Waals surface area contributed by atoms with Gasteiger partial charge < -0.3 is 0 Å². The fourth-order valence-electron chi connectivity index (χ4n) is 2.96. The predicted octanol–water partition coefficient (Wildman–Crippen LogP) is 5.45. The van der Waals surface area contributed by atoms with E-state index in [4.69, 9.17) is 11.6 Å². The number of hydrogen-bond donors (Lipinski definition) is 0. The highest BCUT2D eigenvalue weighted by molar-refractivity contribution is 6.56. The lowest BCUT2D eigenvalue weighted by Crippen LogP contribution is -2.25. The first kappa shape index (κ1) is 15.6. The van der Waals surface area contributed by atoms with E-state index in [2.05, 4.69) is 4.99 Å². The number of para-hydroxylation sites is 2. The Morgan fingerprint density at radius 3 is 2.40 bits per heavy atom. The molecule has 0 fully saturated rings. The van der Waals surface area contributed by atoms with Crippen molar-refractivity contribution >= 4 is 40.3 Å². The number of anilines is 2. The Morgan fingerprint density at radius 2 is 1.64 bits per heavy atom. The molecule has 0 unspecified atom stereocenters. The maximum absolute atomic E-state index is 13.1. The molecular weight excluding hydrogens is 332 g/mol. The molecule has 3 aromatic carbocycles. The molecular formula is C21H15ClN2O. The second-order valence-electron chi connectivity index (χ2n) is 5.91. The van der Waals surface area contributed by atoms with Crippen molar-refractivity contribution in [2.24, 2.45) is 4.99 Å². The molecule has 0 atom stereocenters. The Bertz CT molecular complexity index is 996. The molecule has 1 aliphatic heterocycles. The van der Waals surface area contributed by atoms with E-state index in [1.54, 1.807) is 4.90 Å². The summed E-state index contributed by atoms with van der Waals surface area (Å²) in [5.41, 5.74) is 4.53. The van der Waals surface area contributed by atoms with Gasteiger partial charge in [0.25, 0.3) is 5.91 Å². The van der Waals surface area contributed by atoms with Crippen molar-refractivity contribution in [1.82, 2.24) is 0 Å². The molecule has 0 radical (unpaired) electrons. The van der Waals surface area contributed by atoms with E-state index in [0.29, 0.717) is 16.4 Å². The highest BCUT2D eigenvalue weighted by atomic mass is 35.5. The van der Waals surface area contributed by atoms with Gasteiger partial charge in [-0.3, -0.25) is 9.69 Å². The van der Waals surface area contributed by atoms with Crippen LogP contribution in [0, 0.1) is 6.92 Å². The van der Waals surface area contributed by atoms with Crippen LogP contribution in [-0.2, 0) is 4.79 Å². The van der Waals surface area contributed by atoms with Gasteiger partial charge >= 0.3 is 0 Å². The summed E-state index contributed by atoms with van der Waals surface area (Å²) in [7, 11) is 0. The minimum Gasteiger partial charge on any atom is -0.275 e. The zero-order valence-electron chi connectivity index (χ0n) is 13.6. The second-order valence-corrected chi connectivity index (χ2v) is 6.32. The van der Waals surface area contributed by atoms with Gasteiger partial charge in [0, 0.05) is 11.3 Å². The van der Waals surface area contributed by atoms with Crippen LogP contribution in [0.1, 0.15) is 11.1 Å². The summed E-state index contributed by atoms with van der Waals surface area (Å²) in [6.07, 6.45) is 0. The van der Waals surface area contributed by atoms with Crippen LogP contribution in [0.15, 0.2) is 77.8 Å². The smallest absolute Gasteiger partial charge is 0.275 e. The Balaban J connectivity index is 1.87. The topological polar surface area (TPSA) is 32.7 Å². The normalized spacial score (nSPS) is 14.9. The standard InChI is InChI=1S/C21H15ClN2O/c1-14-11-12-18(17(22)13-14)23-20-16-9-5-6-10-19(16)24(21(20)25)15-7-3-2-4-8-15/h2-13H,1H3/b23-20-. The summed E-state index contributed by atoms with van der Waals surface area (Å²) in [6, 6.07) is 22.9. The quantitative estimate of drug-likeness (QED) is 0.607. The number of hydrogen-bond acceptors (Lipinski definition) is 2. The van der Waals surface area contributed by atoms with Crippen LogP contribution in [0.5, 0.6) is 0 Å². The van der Waals surface area contributed by atoms with Crippen molar-refractivity contribution in [3.05, 3.63) is 88.9 Å². The molecule has 0 aliphatic carbocycles. The van der Waals surface area contributed by atoms with Gasteiger partial charge in [-0.25, -0.2) is 4.99 Å². The first-order chi connectivity index (χ1) is 12.1. The van der Waals surface area contributed by atoms with Crippen molar-refractivity contribution in [1.29, 1.82) is 0 Å². The minimum atomic E-state index is -0.149. The summed E-state index contributed by atoms with van der Waals surface area (Å²) in [5, 5.41) is 0.538. The minimum absolute atomic E-state index is 0.149. The maximum Gasteiger partial charge on any atom is 0.282 e. The molecule has 0 aromatic heterocycles. The number of rotatable bonds is 2. The Morgan fingerprint density at radius 1 is 0.920 bits per heavy atom. The third kappa shape index (κ3) is 2.73. The number of amides is 1. The van der Waals surface area contributed by atoms with E-state index < -0.39 is 0 Å². The van der Waals surface area contributed by atoms with Crippen LogP contribution < -0.4 is 4.90 Å². The van der Waals surface area contributed by atoms with E-state index in [0.717, 1.165) is 22.5 Å². The molecule has 0 spiro atoms. The molecule has 0 saturated carbocycles. The number of carbonyl (C=O) groups is 1. The number of halogens is 1. The summed E-state index contributed by atoms with van der Waals surface area (Å²) in [5.74, 6) is -0.149. The van der Waals surface area contributed by atoms with Crippen LogP contribution in [0.4, 0.5) is 17.1 Å². The number of fused-ring (bicyclic) bond motifs is 1. The summed E-state index contributed by atoms with van der Waals surface area (Å²) >= 11 is 6.30. The van der Waals surface area contributed by atoms with E-state index in [-0.39, 0.29) is 5.91 Å². The Kier molecular flexibility index (Phi) is 3.86. The lowest BCUT2D eigenvalue weighted by atomic mass is 10.1. The third-order valence-electron chi connectivity index (χ3n) is 4.16. The van der Waals surface area contributed by atoms with E-state index in [9.17, 15) is 4.79 Å². The molecule has 0 N–H and O–H groups in total. The molecule has 1 heterocycles. The molecule has 1 aliphatic rings. The zero-order valence-corrected chi connectivity index (χ0v) is 14.4. The number of nitrogens with zero attached hydrogens (tertiary/aromatic N) is 2. The lowest BCUT2D eigenvalue weighted by Gasteiger charge is -2.16.